The molecule has 0 spiro atoms. The van der Waals surface area contributed by atoms with E-state index in [1.165, 1.54) is 5.56 Å². The minimum absolute atomic E-state index is 0.232. The van der Waals surface area contributed by atoms with E-state index in [1.807, 2.05) is 5.38 Å². The first kappa shape index (κ1) is 9.75. The van der Waals surface area contributed by atoms with Gasteiger partial charge >= 0.3 is 0 Å². The molecule has 1 aromatic heterocycles. The Hall–Kier alpha value is -0.340. The molecule has 0 aliphatic heterocycles. The lowest BCUT2D eigenvalue weighted by atomic mass is 10.1. The fourth-order valence-corrected chi connectivity index (χ4v) is 2.20. The third kappa shape index (κ3) is 2.32. The molecule has 0 saturated heterocycles. The maximum absolute atomic E-state index is 9.73. The normalized spacial score (nSPS) is 13.2. The fourth-order valence-electron chi connectivity index (χ4n) is 1.25. The Bertz CT molecular complexity index is 229. The Morgan fingerprint density at radius 2 is 2.33 bits per heavy atom. The number of aliphatic hydroxyl groups excluding tert-OH is 1. The predicted octanol–water partition coefficient (Wildman–Crippen LogP) is 3.28. The number of thiophene rings is 1. The van der Waals surface area contributed by atoms with Gasteiger partial charge in [-0.25, -0.2) is 0 Å². The van der Waals surface area contributed by atoms with Crippen LogP contribution in [-0.4, -0.2) is 5.11 Å². The molecule has 1 atom stereocenters. The monoisotopic (exact) mass is 184 g/mol. The quantitative estimate of drug-likeness (QED) is 0.761. The van der Waals surface area contributed by atoms with Crippen LogP contribution in [0, 0.1) is 6.92 Å². The van der Waals surface area contributed by atoms with Gasteiger partial charge in [-0.05, 0) is 30.4 Å². The molecule has 1 rings (SSSR count). The van der Waals surface area contributed by atoms with E-state index >= 15 is 0 Å². The first-order valence-electron chi connectivity index (χ1n) is 4.47. The third-order valence-corrected chi connectivity index (χ3v) is 3.16. The van der Waals surface area contributed by atoms with Gasteiger partial charge in [-0.15, -0.1) is 11.3 Å². The number of aryl methyl sites for hydroxylation is 1. The van der Waals surface area contributed by atoms with Crippen molar-refractivity contribution < 1.29 is 5.11 Å². The summed E-state index contributed by atoms with van der Waals surface area (Å²) in [5, 5.41) is 11.8. The molecule has 0 radical (unpaired) electrons. The first-order chi connectivity index (χ1) is 5.75. The van der Waals surface area contributed by atoms with Crippen molar-refractivity contribution in [1.29, 1.82) is 0 Å². The second-order valence-electron chi connectivity index (χ2n) is 3.13. The molecule has 1 nitrogen and oxygen atoms in total. The van der Waals surface area contributed by atoms with Crippen LogP contribution in [0.25, 0.3) is 0 Å². The Balaban J connectivity index is 2.52. The number of hydrogen-bond acceptors (Lipinski definition) is 2. The number of unbranched alkanes of at least 4 members (excludes halogenated alkanes) is 1. The van der Waals surface area contributed by atoms with Crippen LogP contribution in [0.15, 0.2) is 11.4 Å². The minimum atomic E-state index is -0.232. The van der Waals surface area contributed by atoms with Crippen LogP contribution in [0.2, 0.25) is 0 Å². The SMILES string of the molecule is CCCCC(O)c1sccc1C. The molecule has 0 saturated carbocycles. The molecule has 68 valence electrons. The van der Waals surface area contributed by atoms with Crippen LogP contribution in [0.3, 0.4) is 0 Å². The highest BCUT2D eigenvalue weighted by Gasteiger charge is 2.10. The lowest BCUT2D eigenvalue weighted by molar-refractivity contribution is 0.167. The maximum atomic E-state index is 9.73. The smallest absolute Gasteiger partial charge is 0.0884 e. The van der Waals surface area contributed by atoms with Crippen molar-refractivity contribution in [3.8, 4) is 0 Å². The van der Waals surface area contributed by atoms with E-state index in [4.69, 9.17) is 0 Å². The highest BCUT2D eigenvalue weighted by atomic mass is 32.1. The van der Waals surface area contributed by atoms with E-state index in [1.54, 1.807) is 11.3 Å². The first-order valence-corrected chi connectivity index (χ1v) is 5.35. The van der Waals surface area contributed by atoms with E-state index in [2.05, 4.69) is 19.9 Å². The standard InChI is InChI=1S/C10H16OS/c1-3-4-5-9(11)10-8(2)6-7-12-10/h6-7,9,11H,3-5H2,1-2H3. The Kier molecular flexibility index (Phi) is 3.76. The maximum Gasteiger partial charge on any atom is 0.0884 e. The third-order valence-electron chi connectivity index (χ3n) is 2.04. The van der Waals surface area contributed by atoms with Gasteiger partial charge in [-0.1, -0.05) is 19.8 Å². The summed E-state index contributed by atoms with van der Waals surface area (Å²) in [7, 11) is 0. The Morgan fingerprint density at radius 1 is 1.58 bits per heavy atom. The summed E-state index contributed by atoms with van der Waals surface area (Å²) >= 11 is 1.66. The van der Waals surface area contributed by atoms with E-state index in [9.17, 15) is 5.11 Å². The van der Waals surface area contributed by atoms with Crippen LogP contribution < -0.4 is 0 Å². The van der Waals surface area contributed by atoms with Crippen molar-refractivity contribution in [2.45, 2.75) is 39.2 Å². The van der Waals surface area contributed by atoms with Gasteiger partial charge < -0.3 is 5.11 Å². The molecule has 1 N–H and O–H groups in total. The second-order valence-corrected chi connectivity index (χ2v) is 4.07. The predicted molar refractivity (Wildman–Crippen MR) is 53.5 cm³/mol. The van der Waals surface area contributed by atoms with Crippen molar-refractivity contribution in [2.24, 2.45) is 0 Å². The van der Waals surface area contributed by atoms with Gasteiger partial charge in [0.1, 0.15) is 0 Å². The number of hydrogen-bond donors (Lipinski definition) is 1. The van der Waals surface area contributed by atoms with Crippen molar-refractivity contribution in [3.05, 3.63) is 21.9 Å². The van der Waals surface area contributed by atoms with Crippen molar-refractivity contribution in [1.82, 2.24) is 0 Å². The highest BCUT2D eigenvalue weighted by molar-refractivity contribution is 7.10. The average molecular weight is 184 g/mol. The largest absolute Gasteiger partial charge is 0.388 e. The van der Waals surface area contributed by atoms with Crippen LogP contribution >= 0.6 is 11.3 Å². The summed E-state index contributed by atoms with van der Waals surface area (Å²) in [6.45, 7) is 4.20. The van der Waals surface area contributed by atoms with E-state index in [-0.39, 0.29) is 6.10 Å². The molecule has 1 heterocycles. The summed E-state index contributed by atoms with van der Waals surface area (Å²) in [5.74, 6) is 0. The zero-order valence-electron chi connectivity index (χ0n) is 7.71. The minimum Gasteiger partial charge on any atom is -0.388 e. The molecule has 0 amide bonds. The summed E-state index contributed by atoms with van der Waals surface area (Å²) < 4.78 is 0. The highest BCUT2D eigenvalue weighted by Crippen LogP contribution is 2.27. The zero-order valence-corrected chi connectivity index (χ0v) is 8.53. The van der Waals surface area contributed by atoms with Crippen LogP contribution in [0.5, 0.6) is 0 Å². The van der Waals surface area contributed by atoms with Gasteiger partial charge in [-0.3, -0.25) is 0 Å². The van der Waals surface area contributed by atoms with E-state index in [0.29, 0.717) is 0 Å². The molecule has 2 heteroatoms. The lowest BCUT2D eigenvalue weighted by Crippen LogP contribution is -1.95. The molecule has 0 fully saturated rings. The molecule has 12 heavy (non-hydrogen) atoms. The molecule has 0 bridgehead atoms. The summed E-state index contributed by atoms with van der Waals surface area (Å²) in [6, 6.07) is 2.06. The van der Waals surface area contributed by atoms with E-state index in [0.717, 1.165) is 24.1 Å². The van der Waals surface area contributed by atoms with Crippen molar-refractivity contribution in [3.63, 3.8) is 0 Å². The molecule has 0 aromatic carbocycles. The van der Waals surface area contributed by atoms with Gasteiger partial charge in [0.05, 0.1) is 6.10 Å². The topological polar surface area (TPSA) is 20.2 Å². The van der Waals surface area contributed by atoms with Crippen LogP contribution in [0.4, 0.5) is 0 Å². The molecule has 0 aliphatic rings. The molecule has 1 unspecified atom stereocenters. The summed E-state index contributed by atoms with van der Waals surface area (Å²) in [4.78, 5) is 1.14. The molecular weight excluding hydrogens is 168 g/mol. The van der Waals surface area contributed by atoms with Gasteiger partial charge in [0.2, 0.25) is 0 Å². The van der Waals surface area contributed by atoms with Gasteiger partial charge in [-0.2, -0.15) is 0 Å². The molecule has 0 aliphatic carbocycles. The fraction of sp³-hybridized carbons (Fsp3) is 0.600. The summed E-state index contributed by atoms with van der Waals surface area (Å²) in [5.41, 5.74) is 1.23. The van der Waals surface area contributed by atoms with E-state index < -0.39 is 0 Å². The van der Waals surface area contributed by atoms with Crippen LogP contribution in [0.1, 0.15) is 42.7 Å². The lowest BCUT2D eigenvalue weighted by Gasteiger charge is -2.08. The summed E-state index contributed by atoms with van der Waals surface area (Å²) in [6.07, 6.45) is 2.93. The molecule has 1 aromatic rings. The van der Waals surface area contributed by atoms with Gasteiger partial charge in [0.25, 0.3) is 0 Å². The Labute approximate surface area is 78.1 Å². The molecular formula is C10H16OS. The average Bonchev–Trinajstić information content (AvgIpc) is 2.47. The number of aliphatic hydroxyl groups is 1. The Morgan fingerprint density at radius 3 is 2.83 bits per heavy atom. The number of rotatable bonds is 4. The van der Waals surface area contributed by atoms with Crippen molar-refractivity contribution >= 4 is 11.3 Å². The van der Waals surface area contributed by atoms with Gasteiger partial charge in [0.15, 0.2) is 0 Å². The van der Waals surface area contributed by atoms with Crippen LogP contribution in [-0.2, 0) is 0 Å². The van der Waals surface area contributed by atoms with Gasteiger partial charge in [0, 0.05) is 4.88 Å². The van der Waals surface area contributed by atoms with Crippen molar-refractivity contribution in [2.75, 3.05) is 0 Å². The zero-order chi connectivity index (χ0) is 8.97. The second kappa shape index (κ2) is 4.63.